The van der Waals surface area contributed by atoms with E-state index < -0.39 is 17.8 Å². The van der Waals surface area contributed by atoms with Crippen molar-refractivity contribution in [1.82, 2.24) is 5.32 Å². The summed E-state index contributed by atoms with van der Waals surface area (Å²) in [6.45, 7) is 1.62. The van der Waals surface area contributed by atoms with Crippen molar-refractivity contribution in [1.29, 1.82) is 0 Å². The number of alkyl halides is 3. The van der Waals surface area contributed by atoms with Gasteiger partial charge in [-0.05, 0) is 25.1 Å². The highest BCUT2D eigenvalue weighted by Crippen LogP contribution is 2.33. The van der Waals surface area contributed by atoms with Gasteiger partial charge in [0.25, 0.3) is 0 Å². The molecule has 1 atom stereocenters. The molecule has 108 valence electrons. The van der Waals surface area contributed by atoms with E-state index in [0.29, 0.717) is 0 Å². The number of hydrogen-bond acceptors (Lipinski definition) is 2. The van der Waals surface area contributed by atoms with Gasteiger partial charge in [0.1, 0.15) is 6.04 Å². The van der Waals surface area contributed by atoms with Crippen LogP contribution in [-0.4, -0.2) is 18.5 Å². The minimum Gasteiger partial charge on any atom is -0.373 e. The number of halogens is 4. The second-order valence-corrected chi connectivity index (χ2v) is 4.39. The highest BCUT2D eigenvalue weighted by atomic mass is 35.5. The van der Waals surface area contributed by atoms with Crippen LogP contribution in [0.2, 0.25) is 5.02 Å². The van der Waals surface area contributed by atoms with Crippen molar-refractivity contribution in [2.45, 2.75) is 19.1 Å². The smallest absolute Gasteiger partial charge is 0.373 e. The van der Waals surface area contributed by atoms with Gasteiger partial charge in [0, 0.05) is 0 Å². The number of rotatable bonds is 4. The number of nitrogens with one attached hydrogen (secondary N) is 2. The molecule has 0 radical (unpaired) electrons. The Morgan fingerprint density at radius 2 is 2.15 bits per heavy atom. The van der Waals surface area contributed by atoms with E-state index in [9.17, 15) is 18.0 Å². The van der Waals surface area contributed by atoms with Gasteiger partial charge in [0.05, 0.1) is 22.8 Å². The molecule has 0 aliphatic heterocycles. The second kappa shape index (κ2) is 6.53. The van der Waals surface area contributed by atoms with Gasteiger partial charge in [-0.15, -0.1) is 6.42 Å². The van der Waals surface area contributed by atoms with Gasteiger partial charge in [-0.3, -0.25) is 4.79 Å². The quantitative estimate of drug-likeness (QED) is 0.840. The molecule has 0 saturated heterocycles. The average molecular weight is 305 g/mol. The molecule has 0 spiro atoms. The molecule has 0 aromatic heterocycles. The number of amides is 1. The molecular weight excluding hydrogens is 293 g/mol. The zero-order valence-corrected chi connectivity index (χ0v) is 11.3. The van der Waals surface area contributed by atoms with E-state index in [1.807, 2.05) is 0 Å². The first-order chi connectivity index (χ1) is 9.25. The Balaban J connectivity index is 2.79. The molecule has 1 rings (SSSR count). The van der Waals surface area contributed by atoms with Crippen LogP contribution in [0.4, 0.5) is 18.9 Å². The third kappa shape index (κ3) is 4.35. The number of carbonyl (C=O) groups is 1. The van der Waals surface area contributed by atoms with Gasteiger partial charge in [0.2, 0.25) is 5.91 Å². The van der Waals surface area contributed by atoms with E-state index in [1.165, 1.54) is 6.07 Å². The first-order valence-corrected chi connectivity index (χ1v) is 5.98. The summed E-state index contributed by atoms with van der Waals surface area (Å²) in [5, 5.41) is 5.05. The molecule has 3 nitrogen and oxygen atoms in total. The molecule has 1 unspecified atom stereocenters. The maximum atomic E-state index is 12.5. The Kier molecular flexibility index (Phi) is 5.28. The van der Waals surface area contributed by atoms with Crippen molar-refractivity contribution in [3.05, 3.63) is 28.8 Å². The topological polar surface area (TPSA) is 41.1 Å². The van der Waals surface area contributed by atoms with Gasteiger partial charge in [-0.25, -0.2) is 0 Å². The number of hydrogen-bond donors (Lipinski definition) is 2. The Morgan fingerprint density at radius 1 is 1.50 bits per heavy atom. The van der Waals surface area contributed by atoms with Gasteiger partial charge >= 0.3 is 6.18 Å². The van der Waals surface area contributed by atoms with Crippen molar-refractivity contribution in [3.8, 4) is 12.3 Å². The standard InChI is InChI=1S/C13H12ClF3N2O/c1-3-6-18-12(20)8(2)19-11-5-4-9(7-10(11)14)13(15,16)17/h1,4-5,7-8,19H,6H2,2H3,(H,18,20). The summed E-state index contributed by atoms with van der Waals surface area (Å²) in [5.74, 6) is 1.87. The van der Waals surface area contributed by atoms with E-state index in [1.54, 1.807) is 6.92 Å². The van der Waals surface area contributed by atoms with Crippen molar-refractivity contribution >= 4 is 23.2 Å². The highest BCUT2D eigenvalue weighted by Gasteiger charge is 2.31. The number of benzene rings is 1. The van der Waals surface area contributed by atoms with Crippen molar-refractivity contribution < 1.29 is 18.0 Å². The predicted molar refractivity (Wildman–Crippen MR) is 71.4 cm³/mol. The van der Waals surface area contributed by atoms with Crippen molar-refractivity contribution in [3.63, 3.8) is 0 Å². The number of anilines is 1. The van der Waals surface area contributed by atoms with Gasteiger partial charge in [-0.1, -0.05) is 17.5 Å². The molecule has 1 aromatic carbocycles. The first-order valence-electron chi connectivity index (χ1n) is 5.60. The summed E-state index contributed by atoms with van der Waals surface area (Å²) in [6, 6.07) is 2.18. The first kappa shape index (κ1) is 16.2. The average Bonchev–Trinajstić information content (AvgIpc) is 2.36. The predicted octanol–water partition coefficient (Wildman–Crippen LogP) is 2.91. The van der Waals surface area contributed by atoms with E-state index >= 15 is 0 Å². The molecule has 0 fully saturated rings. The molecule has 0 aliphatic carbocycles. The van der Waals surface area contributed by atoms with Crippen LogP contribution in [-0.2, 0) is 11.0 Å². The molecule has 20 heavy (non-hydrogen) atoms. The molecule has 0 aliphatic rings. The Morgan fingerprint density at radius 3 is 2.65 bits per heavy atom. The fourth-order valence-corrected chi connectivity index (χ4v) is 1.63. The summed E-state index contributed by atoms with van der Waals surface area (Å²) in [6.07, 6.45) is 0.538. The van der Waals surface area contributed by atoms with Crippen LogP contribution >= 0.6 is 11.6 Å². The van der Waals surface area contributed by atoms with Crippen LogP contribution in [0.5, 0.6) is 0 Å². The molecule has 0 bridgehead atoms. The van der Waals surface area contributed by atoms with Crippen molar-refractivity contribution in [2.75, 3.05) is 11.9 Å². The van der Waals surface area contributed by atoms with Gasteiger partial charge in [-0.2, -0.15) is 13.2 Å². The minimum absolute atomic E-state index is 0.0750. The van der Waals surface area contributed by atoms with Crippen LogP contribution < -0.4 is 10.6 Å². The summed E-state index contributed by atoms with van der Waals surface area (Å²) in [7, 11) is 0. The maximum absolute atomic E-state index is 12.5. The SMILES string of the molecule is C#CCNC(=O)C(C)Nc1ccc(C(F)(F)F)cc1Cl. The molecule has 0 saturated carbocycles. The lowest BCUT2D eigenvalue weighted by Gasteiger charge is -2.16. The lowest BCUT2D eigenvalue weighted by atomic mass is 10.2. The largest absolute Gasteiger partial charge is 0.416 e. The van der Waals surface area contributed by atoms with Crippen LogP contribution in [0.3, 0.4) is 0 Å². The Hall–Kier alpha value is -1.87. The van der Waals surface area contributed by atoms with E-state index in [2.05, 4.69) is 16.6 Å². The van der Waals surface area contributed by atoms with E-state index in [4.69, 9.17) is 18.0 Å². The van der Waals surface area contributed by atoms with Crippen LogP contribution in [0.15, 0.2) is 18.2 Å². The van der Waals surface area contributed by atoms with Gasteiger partial charge < -0.3 is 10.6 Å². The molecule has 7 heteroatoms. The molecule has 1 aromatic rings. The van der Waals surface area contributed by atoms with Crippen LogP contribution in [0.25, 0.3) is 0 Å². The minimum atomic E-state index is -4.46. The zero-order chi connectivity index (χ0) is 15.3. The third-order valence-corrected chi connectivity index (χ3v) is 2.74. The fraction of sp³-hybridized carbons (Fsp3) is 0.308. The van der Waals surface area contributed by atoms with Gasteiger partial charge in [0.15, 0.2) is 0 Å². The van der Waals surface area contributed by atoms with E-state index in [0.717, 1.165) is 12.1 Å². The van der Waals surface area contributed by atoms with E-state index in [-0.39, 0.29) is 23.2 Å². The summed E-state index contributed by atoms with van der Waals surface area (Å²) in [5.41, 5.74) is -0.611. The molecule has 0 heterocycles. The third-order valence-electron chi connectivity index (χ3n) is 2.43. The second-order valence-electron chi connectivity index (χ2n) is 3.98. The maximum Gasteiger partial charge on any atom is 0.416 e. The molecule has 1 amide bonds. The Bertz CT molecular complexity index is 537. The fourth-order valence-electron chi connectivity index (χ4n) is 1.40. The summed E-state index contributed by atoms with van der Waals surface area (Å²) < 4.78 is 37.4. The highest BCUT2D eigenvalue weighted by molar-refractivity contribution is 6.33. The lowest BCUT2D eigenvalue weighted by Crippen LogP contribution is -2.37. The molecule has 2 N–H and O–H groups in total. The number of terminal acetylenes is 1. The zero-order valence-electron chi connectivity index (χ0n) is 10.5. The Labute approximate surface area is 119 Å². The van der Waals surface area contributed by atoms with Crippen LogP contribution in [0, 0.1) is 12.3 Å². The molecular formula is C13H12ClF3N2O. The monoisotopic (exact) mass is 304 g/mol. The van der Waals surface area contributed by atoms with Crippen molar-refractivity contribution in [2.24, 2.45) is 0 Å². The summed E-state index contributed by atoms with van der Waals surface area (Å²) >= 11 is 5.76. The number of carbonyl (C=O) groups excluding carboxylic acids is 1. The van der Waals surface area contributed by atoms with Crippen LogP contribution in [0.1, 0.15) is 12.5 Å². The summed E-state index contributed by atoms with van der Waals surface area (Å²) in [4.78, 5) is 11.6. The normalized spacial score (nSPS) is 12.4. The lowest BCUT2D eigenvalue weighted by molar-refractivity contribution is -0.137.